The van der Waals surface area contributed by atoms with Gasteiger partial charge in [0, 0.05) is 19.6 Å². The van der Waals surface area contributed by atoms with E-state index in [9.17, 15) is 9.90 Å². The molecule has 0 unspecified atom stereocenters. The molecule has 25 heavy (non-hydrogen) atoms. The fraction of sp³-hybridized carbons (Fsp3) is 0.667. The van der Waals surface area contributed by atoms with Crippen molar-refractivity contribution < 1.29 is 9.90 Å². The van der Waals surface area contributed by atoms with Gasteiger partial charge in [-0.15, -0.1) is 0 Å². The van der Waals surface area contributed by atoms with Crippen molar-refractivity contribution in [2.75, 3.05) is 26.2 Å². The molecule has 0 saturated carbocycles. The Hall–Kier alpha value is -1.39. The molecule has 1 spiro atoms. The third-order valence-electron chi connectivity index (χ3n) is 5.93. The van der Waals surface area contributed by atoms with E-state index in [1.807, 2.05) is 4.90 Å². The Bertz CT molecular complexity index is 561. The van der Waals surface area contributed by atoms with Crippen LogP contribution in [0.15, 0.2) is 30.3 Å². The zero-order valence-electron chi connectivity index (χ0n) is 15.7. The van der Waals surface area contributed by atoms with E-state index in [1.54, 1.807) is 13.8 Å². The fourth-order valence-electron chi connectivity index (χ4n) is 4.24. The summed E-state index contributed by atoms with van der Waals surface area (Å²) in [5.41, 5.74) is 0.915. The topological polar surface area (TPSA) is 43.8 Å². The summed E-state index contributed by atoms with van der Waals surface area (Å²) in [5, 5.41) is 9.86. The maximum atomic E-state index is 12.3. The minimum atomic E-state index is -0.908. The van der Waals surface area contributed by atoms with Crippen molar-refractivity contribution in [3.63, 3.8) is 0 Å². The summed E-state index contributed by atoms with van der Waals surface area (Å²) in [6, 6.07) is 10.7. The fourth-order valence-corrected chi connectivity index (χ4v) is 4.24. The number of likely N-dealkylation sites (tertiary alicyclic amines) is 2. The number of benzene rings is 1. The molecule has 0 radical (unpaired) electrons. The van der Waals surface area contributed by atoms with Crippen LogP contribution in [0.3, 0.4) is 0 Å². The standard InChI is InChI=1S/C21H32N2O2/c1-20(2,25)16-19(24)23-14-10-21(11-15-23)8-12-22(13-9-21)17-18-6-4-3-5-7-18/h3-7,25H,8-17H2,1-2H3. The molecule has 0 aromatic heterocycles. The summed E-state index contributed by atoms with van der Waals surface area (Å²) in [5.74, 6) is 0.101. The minimum Gasteiger partial charge on any atom is -0.390 e. The van der Waals surface area contributed by atoms with Gasteiger partial charge in [0.25, 0.3) is 0 Å². The van der Waals surface area contributed by atoms with Crippen LogP contribution in [0.5, 0.6) is 0 Å². The lowest BCUT2D eigenvalue weighted by molar-refractivity contribution is -0.138. The molecule has 3 rings (SSSR count). The Kier molecular flexibility index (Phi) is 5.49. The van der Waals surface area contributed by atoms with Crippen molar-refractivity contribution >= 4 is 5.91 Å². The average Bonchev–Trinajstić information content (AvgIpc) is 2.57. The Morgan fingerprint density at radius 2 is 1.60 bits per heavy atom. The molecule has 2 saturated heterocycles. The highest BCUT2D eigenvalue weighted by atomic mass is 16.3. The monoisotopic (exact) mass is 344 g/mol. The van der Waals surface area contributed by atoms with E-state index < -0.39 is 5.60 Å². The molecule has 1 aromatic carbocycles. The van der Waals surface area contributed by atoms with Crippen LogP contribution in [0.2, 0.25) is 0 Å². The molecule has 0 atom stereocenters. The van der Waals surface area contributed by atoms with Gasteiger partial charge in [-0.25, -0.2) is 0 Å². The van der Waals surface area contributed by atoms with E-state index in [0.717, 1.165) is 45.6 Å². The summed E-state index contributed by atoms with van der Waals surface area (Å²) in [6.07, 6.45) is 4.94. The van der Waals surface area contributed by atoms with Crippen molar-refractivity contribution in [2.45, 2.75) is 58.1 Å². The van der Waals surface area contributed by atoms with Crippen molar-refractivity contribution in [1.82, 2.24) is 9.80 Å². The van der Waals surface area contributed by atoms with Crippen LogP contribution in [0.1, 0.15) is 51.5 Å². The second-order valence-electron chi connectivity index (χ2n) is 8.63. The van der Waals surface area contributed by atoms with Crippen molar-refractivity contribution in [1.29, 1.82) is 0 Å². The minimum absolute atomic E-state index is 0.101. The van der Waals surface area contributed by atoms with E-state index in [2.05, 4.69) is 35.2 Å². The number of nitrogens with zero attached hydrogens (tertiary/aromatic N) is 2. The largest absolute Gasteiger partial charge is 0.390 e. The first kappa shape index (κ1) is 18.4. The number of piperidine rings is 2. The Balaban J connectivity index is 1.46. The first-order valence-electron chi connectivity index (χ1n) is 9.62. The summed E-state index contributed by atoms with van der Waals surface area (Å²) in [6.45, 7) is 8.49. The smallest absolute Gasteiger partial charge is 0.225 e. The predicted molar refractivity (Wildman–Crippen MR) is 100 cm³/mol. The van der Waals surface area contributed by atoms with E-state index >= 15 is 0 Å². The van der Waals surface area contributed by atoms with E-state index in [0.29, 0.717) is 5.41 Å². The van der Waals surface area contributed by atoms with Gasteiger partial charge in [-0.05, 0) is 63.6 Å². The SMILES string of the molecule is CC(C)(O)CC(=O)N1CCC2(CCN(Cc3ccccc3)CC2)CC1. The molecule has 1 amide bonds. The summed E-state index contributed by atoms with van der Waals surface area (Å²) in [7, 11) is 0. The van der Waals surface area contributed by atoms with Gasteiger partial charge in [-0.3, -0.25) is 9.69 Å². The van der Waals surface area contributed by atoms with Gasteiger partial charge >= 0.3 is 0 Å². The van der Waals surface area contributed by atoms with Crippen molar-refractivity contribution in [3.8, 4) is 0 Å². The number of rotatable bonds is 4. The second kappa shape index (κ2) is 7.46. The lowest BCUT2D eigenvalue weighted by Crippen LogP contribution is -2.48. The number of carbonyl (C=O) groups is 1. The molecule has 2 heterocycles. The quantitative estimate of drug-likeness (QED) is 0.913. The molecule has 4 heteroatoms. The van der Waals surface area contributed by atoms with Crippen LogP contribution >= 0.6 is 0 Å². The first-order valence-corrected chi connectivity index (χ1v) is 9.62. The zero-order chi connectivity index (χ0) is 17.9. The van der Waals surface area contributed by atoms with E-state index in [4.69, 9.17) is 0 Å². The van der Waals surface area contributed by atoms with Gasteiger partial charge < -0.3 is 10.0 Å². The third-order valence-corrected chi connectivity index (χ3v) is 5.93. The van der Waals surface area contributed by atoms with Gasteiger partial charge in [0.15, 0.2) is 0 Å². The number of hydrogen-bond donors (Lipinski definition) is 1. The molecule has 138 valence electrons. The highest BCUT2D eigenvalue weighted by Crippen LogP contribution is 2.41. The summed E-state index contributed by atoms with van der Waals surface area (Å²) < 4.78 is 0. The van der Waals surface area contributed by atoms with Crippen molar-refractivity contribution in [3.05, 3.63) is 35.9 Å². The molecule has 4 nitrogen and oxygen atoms in total. The number of amides is 1. The Labute approximate surface area is 151 Å². The molecule has 2 aliphatic rings. The van der Waals surface area contributed by atoms with Gasteiger partial charge in [-0.2, -0.15) is 0 Å². The van der Waals surface area contributed by atoms with Crippen LogP contribution in [-0.2, 0) is 11.3 Å². The first-order chi connectivity index (χ1) is 11.9. The maximum absolute atomic E-state index is 12.3. The molecule has 1 N–H and O–H groups in total. The van der Waals surface area contributed by atoms with Crippen LogP contribution < -0.4 is 0 Å². The van der Waals surface area contributed by atoms with Gasteiger partial charge in [0.05, 0.1) is 12.0 Å². The Morgan fingerprint density at radius 3 is 2.16 bits per heavy atom. The summed E-state index contributed by atoms with van der Waals surface area (Å²) in [4.78, 5) is 16.8. The van der Waals surface area contributed by atoms with Gasteiger partial charge in [0.1, 0.15) is 0 Å². The van der Waals surface area contributed by atoms with Crippen molar-refractivity contribution in [2.24, 2.45) is 5.41 Å². The highest BCUT2D eigenvalue weighted by Gasteiger charge is 2.38. The van der Waals surface area contributed by atoms with Crippen LogP contribution in [-0.4, -0.2) is 52.6 Å². The molecular weight excluding hydrogens is 312 g/mol. The lowest BCUT2D eigenvalue weighted by Gasteiger charge is -2.47. The molecular formula is C21H32N2O2. The zero-order valence-corrected chi connectivity index (χ0v) is 15.7. The summed E-state index contributed by atoms with van der Waals surface area (Å²) >= 11 is 0. The van der Waals surface area contributed by atoms with E-state index in [-0.39, 0.29) is 12.3 Å². The third kappa shape index (κ3) is 5.05. The average molecular weight is 344 g/mol. The number of carbonyl (C=O) groups excluding carboxylic acids is 1. The lowest BCUT2D eigenvalue weighted by atomic mass is 9.71. The molecule has 0 bridgehead atoms. The predicted octanol–water partition coefficient (Wildman–Crippen LogP) is 3.05. The normalized spacial score (nSPS) is 21.5. The molecule has 1 aromatic rings. The maximum Gasteiger partial charge on any atom is 0.225 e. The molecule has 0 aliphatic carbocycles. The Morgan fingerprint density at radius 1 is 1.04 bits per heavy atom. The van der Waals surface area contributed by atoms with Gasteiger partial charge in [-0.1, -0.05) is 30.3 Å². The van der Waals surface area contributed by atoms with Crippen LogP contribution in [0.4, 0.5) is 0 Å². The molecule has 2 aliphatic heterocycles. The van der Waals surface area contributed by atoms with Gasteiger partial charge in [0.2, 0.25) is 5.91 Å². The highest BCUT2D eigenvalue weighted by molar-refractivity contribution is 5.77. The molecule has 2 fully saturated rings. The van der Waals surface area contributed by atoms with Crippen LogP contribution in [0.25, 0.3) is 0 Å². The van der Waals surface area contributed by atoms with Crippen LogP contribution in [0, 0.1) is 5.41 Å². The van der Waals surface area contributed by atoms with E-state index in [1.165, 1.54) is 18.4 Å². The second-order valence-corrected chi connectivity index (χ2v) is 8.63. The number of hydrogen-bond acceptors (Lipinski definition) is 3. The number of aliphatic hydroxyl groups is 1.